The van der Waals surface area contributed by atoms with Crippen LogP contribution in [0.5, 0.6) is 0 Å². The van der Waals surface area contributed by atoms with E-state index in [4.69, 9.17) is 0 Å². The van der Waals surface area contributed by atoms with Crippen LogP contribution in [0.25, 0.3) is 0 Å². The number of nitrogens with one attached hydrogen (secondary N) is 1. The molecule has 25 heavy (non-hydrogen) atoms. The van der Waals surface area contributed by atoms with E-state index in [0.717, 1.165) is 24.5 Å². The molecule has 0 aromatic heterocycles. The van der Waals surface area contributed by atoms with Gasteiger partial charge in [0.25, 0.3) is 0 Å². The molecule has 134 valence electrons. The van der Waals surface area contributed by atoms with Crippen molar-refractivity contribution >= 4 is 35.0 Å². The fraction of sp³-hybridized carbons (Fsp3) is 0.500. The van der Waals surface area contributed by atoms with E-state index in [9.17, 15) is 14.4 Å². The van der Waals surface area contributed by atoms with E-state index in [-0.39, 0.29) is 17.6 Å². The minimum Gasteiger partial charge on any atom is -0.368 e. The predicted molar refractivity (Wildman–Crippen MR) is 99.1 cm³/mol. The number of nitrogens with zero attached hydrogens (tertiary/aromatic N) is 2. The summed E-state index contributed by atoms with van der Waals surface area (Å²) in [5.41, 5.74) is 1.77. The van der Waals surface area contributed by atoms with Crippen molar-refractivity contribution in [3.63, 3.8) is 0 Å². The van der Waals surface area contributed by atoms with E-state index < -0.39 is 6.04 Å². The molecular formula is C18H23N3O3S. The van der Waals surface area contributed by atoms with Crippen LogP contribution in [-0.2, 0) is 9.59 Å². The Hall–Kier alpha value is -2.02. The average molecular weight is 361 g/mol. The largest absolute Gasteiger partial charge is 0.368 e. The van der Waals surface area contributed by atoms with E-state index in [1.165, 1.54) is 0 Å². The lowest BCUT2D eigenvalue weighted by Gasteiger charge is -2.37. The SMILES string of the molecule is CC(=O)c1ccc(N2CCN(C(=O)C3CSCCC(=O)N3)CC2)cc1. The van der Waals surface area contributed by atoms with Crippen LogP contribution in [0.4, 0.5) is 5.69 Å². The Balaban J connectivity index is 1.56. The molecule has 1 atom stereocenters. The summed E-state index contributed by atoms with van der Waals surface area (Å²) >= 11 is 1.65. The van der Waals surface area contributed by atoms with Gasteiger partial charge in [-0.05, 0) is 31.2 Å². The van der Waals surface area contributed by atoms with Crippen LogP contribution in [0.2, 0.25) is 0 Å². The van der Waals surface area contributed by atoms with Crippen molar-refractivity contribution in [1.29, 1.82) is 0 Å². The zero-order valence-electron chi connectivity index (χ0n) is 14.4. The fourth-order valence-corrected chi connectivity index (χ4v) is 4.08. The van der Waals surface area contributed by atoms with Crippen molar-refractivity contribution in [2.24, 2.45) is 0 Å². The van der Waals surface area contributed by atoms with Crippen LogP contribution < -0.4 is 10.2 Å². The normalized spacial score (nSPS) is 21.5. The number of rotatable bonds is 3. The molecule has 2 aliphatic rings. The van der Waals surface area contributed by atoms with Gasteiger partial charge in [-0.1, -0.05) is 0 Å². The van der Waals surface area contributed by atoms with E-state index >= 15 is 0 Å². The molecule has 3 rings (SSSR count). The lowest BCUT2D eigenvalue weighted by molar-refractivity contribution is -0.135. The zero-order valence-corrected chi connectivity index (χ0v) is 15.2. The first-order chi connectivity index (χ1) is 12.0. The van der Waals surface area contributed by atoms with Gasteiger partial charge in [-0.3, -0.25) is 14.4 Å². The average Bonchev–Trinajstić information content (AvgIpc) is 2.86. The molecule has 2 heterocycles. The first-order valence-electron chi connectivity index (χ1n) is 8.56. The molecule has 1 unspecified atom stereocenters. The summed E-state index contributed by atoms with van der Waals surface area (Å²) in [5.74, 6) is 1.48. The predicted octanol–water partition coefficient (Wildman–Crippen LogP) is 1.16. The molecule has 2 amide bonds. The molecule has 0 aliphatic carbocycles. The van der Waals surface area contributed by atoms with Gasteiger partial charge in [0.15, 0.2) is 5.78 Å². The monoisotopic (exact) mass is 361 g/mol. The lowest BCUT2D eigenvalue weighted by Crippen LogP contribution is -2.55. The van der Waals surface area contributed by atoms with Gasteiger partial charge in [0, 0.05) is 55.4 Å². The van der Waals surface area contributed by atoms with Crippen molar-refractivity contribution in [2.45, 2.75) is 19.4 Å². The van der Waals surface area contributed by atoms with Gasteiger partial charge in [0.05, 0.1) is 0 Å². The number of carbonyl (C=O) groups is 3. The number of benzene rings is 1. The standard InChI is InChI=1S/C18H23N3O3S/c1-13(22)14-2-4-15(5-3-14)20-7-9-21(10-8-20)18(24)16-12-25-11-6-17(23)19-16/h2-5,16H,6-12H2,1H3,(H,19,23). The molecular weight excluding hydrogens is 338 g/mol. The van der Waals surface area contributed by atoms with Crippen LogP contribution >= 0.6 is 11.8 Å². The topological polar surface area (TPSA) is 69.7 Å². The van der Waals surface area contributed by atoms with Crippen LogP contribution in [0.1, 0.15) is 23.7 Å². The summed E-state index contributed by atoms with van der Waals surface area (Å²) in [6.45, 7) is 4.34. The molecule has 2 saturated heterocycles. The van der Waals surface area contributed by atoms with Gasteiger partial charge in [0.2, 0.25) is 11.8 Å². The number of ketones is 1. The van der Waals surface area contributed by atoms with Crippen molar-refractivity contribution in [3.05, 3.63) is 29.8 Å². The molecule has 1 N–H and O–H groups in total. The van der Waals surface area contributed by atoms with Crippen molar-refractivity contribution in [1.82, 2.24) is 10.2 Å². The minimum atomic E-state index is -0.401. The van der Waals surface area contributed by atoms with E-state index in [1.807, 2.05) is 29.2 Å². The molecule has 0 radical (unpaired) electrons. The first-order valence-corrected chi connectivity index (χ1v) is 9.72. The number of amides is 2. The maximum atomic E-state index is 12.7. The molecule has 2 aliphatic heterocycles. The van der Waals surface area contributed by atoms with Crippen LogP contribution in [-0.4, -0.2) is 66.2 Å². The number of thioether (sulfide) groups is 1. The number of anilines is 1. The van der Waals surface area contributed by atoms with Crippen molar-refractivity contribution in [2.75, 3.05) is 42.6 Å². The highest BCUT2D eigenvalue weighted by atomic mass is 32.2. The van der Waals surface area contributed by atoms with E-state index in [2.05, 4.69) is 10.2 Å². The Bertz CT molecular complexity index is 654. The summed E-state index contributed by atoms with van der Waals surface area (Å²) in [5, 5.41) is 2.84. The summed E-state index contributed by atoms with van der Waals surface area (Å²) in [4.78, 5) is 39.7. The zero-order chi connectivity index (χ0) is 17.8. The van der Waals surface area contributed by atoms with Gasteiger partial charge in [-0.25, -0.2) is 0 Å². The Kier molecular flexibility index (Phi) is 5.63. The number of hydrogen-bond donors (Lipinski definition) is 1. The highest BCUT2D eigenvalue weighted by Gasteiger charge is 2.29. The van der Waals surface area contributed by atoms with Gasteiger partial charge in [0.1, 0.15) is 6.04 Å². The number of hydrogen-bond acceptors (Lipinski definition) is 5. The number of piperazine rings is 1. The summed E-state index contributed by atoms with van der Waals surface area (Å²) < 4.78 is 0. The molecule has 1 aromatic rings. The lowest BCUT2D eigenvalue weighted by atomic mass is 10.1. The van der Waals surface area contributed by atoms with Gasteiger partial charge < -0.3 is 15.1 Å². The van der Waals surface area contributed by atoms with E-state index in [0.29, 0.717) is 30.8 Å². The second-order valence-corrected chi connectivity index (χ2v) is 7.51. The third kappa shape index (κ3) is 4.34. The van der Waals surface area contributed by atoms with E-state index in [1.54, 1.807) is 18.7 Å². The second kappa shape index (κ2) is 7.91. The highest BCUT2D eigenvalue weighted by molar-refractivity contribution is 7.99. The Morgan fingerprint density at radius 3 is 2.44 bits per heavy atom. The van der Waals surface area contributed by atoms with Gasteiger partial charge in [-0.2, -0.15) is 11.8 Å². The molecule has 6 nitrogen and oxygen atoms in total. The summed E-state index contributed by atoms with van der Waals surface area (Å²) in [7, 11) is 0. The van der Waals surface area contributed by atoms with Crippen molar-refractivity contribution < 1.29 is 14.4 Å². The summed E-state index contributed by atoms with van der Waals surface area (Å²) in [6, 6.07) is 7.19. The molecule has 0 spiro atoms. The van der Waals surface area contributed by atoms with Crippen LogP contribution in [0, 0.1) is 0 Å². The fourth-order valence-electron chi connectivity index (χ4n) is 3.12. The molecule has 0 bridgehead atoms. The Morgan fingerprint density at radius 2 is 1.80 bits per heavy atom. The van der Waals surface area contributed by atoms with Crippen LogP contribution in [0.15, 0.2) is 24.3 Å². The van der Waals surface area contributed by atoms with Gasteiger partial charge >= 0.3 is 0 Å². The highest BCUT2D eigenvalue weighted by Crippen LogP contribution is 2.19. The Morgan fingerprint density at radius 1 is 1.12 bits per heavy atom. The quantitative estimate of drug-likeness (QED) is 0.818. The molecule has 7 heteroatoms. The van der Waals surface area contributed by atoms with Gasteiger partial charge in [-0.15, -0.1) is 0 Å². The molecule has 2 fully saturated rings. The second-order valence-electron chi connectivity index (χ2n) is 6.36. The van der Waals surface area contributed by atoms with Crippen LogP contribution in [0.3, 0.4) is 0 Å². The maximum absolute atomic E-state index is 12.7. The number of Topliss-reactive ketones (excluding diaryl/α,β-unsaturated/α-hetero) is 1. The smallest absolute Gasteiger partial charge is 0.246 e. The molecule has 1 aromatic carbocycles. The summed E-state index contributed by atoms with van der Waals surface area (Å²) in [6.07, 6.45) is 0.485. The third-order valence-corrected chi connectivity index (χ3v) is 5.68. The minimum absolute atomic E-state index is 0.0225. The first kappa shape index (κ1) is 17.8. The third-order valence-electron chi connectivity index (χ3n) is 4.62. The molecule has 0 saturated carbocycles. The number of carbonyl (C=O) groups excluding carboxylic acids is 3. The maximum Gasteiger partial charge on any atom is 0.246 e. The Labute approximate surface area is 151 Å². The van der Waals surface area contributed by atoms with Crippen molar-refractivity contribution in [3.8, 4) is 0 Å².